The summed E-state index contributed by atoms with van der Waals surface area (Å²) in [6, 6.07) is 3.73. The van der Waals surface area contributed by atoms with Gasteiger partial charge < -0.3 is 11.5 Å². The van der Waals surface area contributed by atoms with E-state index in [1.54, 1.807) is 0 Å². The molecule has 0 amide bonds. The standard InChI is InChI=1S/C10H11N7/c1-5-3-6(2)15-10(14-5)17-9(13)7(4-11)8(12)16-17/h3H,13H2,1-2H3,(H2,12,16). The van der Waals surface area contributed by atoms with Gasteiger partial charge in [0.2, 0.25) is 0 Å². The molecule has 0 spiro atoms. The Balaban J connectivity index is 2.65. The molecule has 0 fully saturated rings. The number of anilines is 2. The number of aromatic nitrogens is 4. The average Bonchev–Trinajstić information content (AvgIpc) is 2.52. The Bertz CT molecular complexity index is 600. The third kappa shape index (κ3) is 1.76. The molecule has 2 heterocycles. The molecule has 0 saturated carbocycles. The van der Waals surface area contributed by atoms with Gasteiger partial charge in [-0.05, 0) is 19.9 Å². The van der Waals surface area contributed by atoms with Gasteiger partial charge in [0, 0.05) is 11.4 Å². The van der Waals surface area contributed by atoms with Crippen LogP contribution < -0.4 is 11.5 Å². The summed E-state index contributed by atoms with van der Waals surface area (Å²) in [5.41, 5.74) is 13.1. The fraction of sp³-hybridized carbons (Fsp3) is 0.200. The predicted octanol–water partition coefficient (Wildman–Crippen LogP) is 0.315. The lowest BCUT2D eigenvalue weighted by atomic mass is 10.3. The minimum absolute atomic E-state index is 0.0766. The van der Waals surface area contributed by atoms with Crippen LogP contribution >= 0.6 is 0 Å². The maximum atomic E-state index is 8.86. The van der Waals surface area contributed by atoms with Crippen molar-refractivity contribution in [1.29, 1.82) is 5.26 Å². The van der Waals surface area contributed by atoms with Gasteiger partial charge >= 0.3 is 0 Å². The Morgan fingerprint density at radius 2 is 1.82 bits per heavy atom. The molecule has 4 N–H and O–H groups in total. The first-order valence-corrected chi connectivity index (χ1v) is 4.89. The van der Waals surface area contributed by atoms with Gasteiger partial charge in [0.1, 0.15) is 11.6 Å². The largest absolute Gasteiger partial charge is 0.382 e. The second kappa shape index (κ2) is 3.75. The summed E-state index contributed by atoms with van der Waals surface area (Å²) in [5.74, 6) is 0.538. The summed E-state index contributed by atoms with van der Waals surface area (Å²) in [7, 11) is 0. The molecule has 2 aromatic rings. The summed E-state index contributed by atoms with van der Waals surface area (Å²) in [6.45, 7) is 3.68. The maximum Gasteiger partial charge on any atom is 0.253 e. The van der Waals surface area contributed by atoms with Crippen molar-refractivity contribution in [2.24, 2.45) is 0 Å². The third-order valence-corrected chi connectivity index (χ3v) is 2.22. The lowest BCUT2D eigenvalue weighted by Gasteiger charge is -2.03. The van der Waals surface area contributed by atoms with Crippen LogP contribution in [0.4, 0.5) is 11.6 Å². The van der Waals surface area contributed by atoms with Crippen LogP contribution in [-0.4, -0.2) is 19.7 Å². The van der Waals surface area contributed by atoms with Crippen molar-refractivity contribution in [3.05, 3.63) is 23.0 Å². The van der Waals surface area contributed by atoms with E-state index in [9.17, 15) is 0 Å². The number of rotatable bonds is 1. The molecular formula is C10H11N7. The highest BCUT2D eigenvalue weighted by Crippen LogP contribution is 2.20. The number of hydrogen-bond donors (Lipinski definition) is 2. The summed E-state index contributed by atoms with van der Waals surface area (Å²) in [4.78, 5) is 8.40. The van der Waals surface area contributed by atoms with E-state index in [0.717, 1.165) is 11.4 Å². The van der Waals surface area contributed by atoms with Gasteiger partial charge in [-0.2, -0.15) is 9.94 Å². The van der Waals surface area contributed by atoms with Gasteiger partial charge in [0.15, 0.2) is 11.6 Å². The maximum absolute atomic E-state index is 8.86. The van der Waals surface area contributed by atoms with Crippen LogP contribution in [-0.2, 0) is 0 Å². The third-order valence-electron chi connectivity index (χ3n) is 2.22. The van der Waals surface area contributed by atoms with Crippen LogP contribution in [0.2, 0.25) is 0 Å². The highest BCUT2D eigenvalue weighted by molar-refractivity contribution is 5.63. The van der Waals surface area contributed by atoms with Crippen molar-refractivity contribution < 1.29 is 0 Å². The molecule has 0 unspecified atom stereocenters. The van der Waals surface area contributed by atoms with Gasteiger partial charge in [-0.3, -0.25) is 0 Å². The Hall–Kier alpha value is -2.62. The van der Waals surface area contributed by atoms with E-state index < -0.39 is 0 Å². The molecule has 7 heteroatoms. The first kappa shape index (κ1) is 10.9. The molecule has 0 saturated heterocycles. The lowest BCUT2D eigenvalue weighted by Crippen LogP contribution is -2.08. The van der Waals surface area contributed by atoms with E-state index in [1.165, 1.54) is 4.68 Å². The van der Waals surface area contributed by atoms with Crippen LogP contribution in [0.5, 0.6) is 0 Å². The van der Waals surface area contributed by atoms with Gasteiger partial charge in [-0.1, -0.05) is 0 Å². The lowest BCUT2D eigenvalue weighted by molar-refractivity contribution is 0.806. The summed E-state index contributed by atoms with van der Waals surface area (Å²) in [6.07, 6.45) is 0. The van der Waals surface area contributed by atoms with Crippen molar-refractivity contribution >= 4 is 11.6 Å². The number of nitrogens with zero attached hydrogens (tertiary/aromatic N) is 5. The van der Waals surface area contributed by atoms with Crippen LogP contribution in [0.25, 0.3) is 5.95 Å². The van der Waals surface area contributed by atoms with Crippen LogP contribution in [0.1, 0.15) is 17.0 Å². The molecule has 2 rings (SSSR count). The molecule has 7 nitrogen and oxygen atoms in total. The number of nitrogens with two attached hydrogens (primary N) is 2. The molecule has 0 aliphatic heterocycles. The van der Waals surface area contributed by atoms with E-state index in [2.05, 4.69) is 15.1 Å². The zero-order chi connectivity index (χ0) is 12.6. The van der Waals surface area contributed by atoms with Gasteiger partial charge in [-0.25, -0.2) is 9.97 Å². The summed E-state index contributed by atoms with van der Waals surface area (Å²) < 4.78 is 1.27. The number of nitriles is 1. The van der Waals surface area contributed by atoms with E-state index in [4.69, 9.17) is 16.7 Å². The van der Waals surface area contributed by atoms with E-state index in [-0.39, 0.29) is 17.2 Å². The molecule has 2 aromatic heterocycles. The fourth-order valence-corrected chi connectivity index (χ4v) is 1.52. The predicted molar refractivity (Wildman–Crippen MR) is 62.2 cm³/mol. The highest BCUT2D eigenvalue weighted by Gasteiger charge is 2.16. The van der Waals surface area contributed by atoms with Gasteiger partial charge in [0.05, 0.1) is 0 Å². The SMILES string of the molecule is Cc1cc(C)nc(-n2nc(N)c(C#N)c2N)n1. The zero-order valence-electron chi connectivity index (χ0n) is 9.47. The van der Waals surface area contributed by atoms with Gasteiger partial charge in [-0.15, -0.1) is 5.10 Å². The summed E-state index contributed by atoms with van der Waals surface area (Å²) >= 11 is 0. The van der Waals surface area contributed by atoms with E-state index in [0.29, 0.717) is 5.95 Å². The molecule has 0 bridgehead atoms. The van der Waals surface area contributed by atoms with E-state index >= 15 is 0 Å². The molecule has 0 aliphatic carbocycles. The molecule has 0 atom stereocenters. The molecule has 0 aliphatic rings. The molecular weight excluding hydrogens is 218 g/mol. The highest BCUT2D eigenvalue weighted by atomic mass is 15.4. The normalized spacial score (nSPS) is 10.2. The number of aryl methyl sites for hydroxylation is 2. The molecule has 17 heavy (non-hydrogen) atoms. The second-order valence-electron chi connectivity index (χ2n) is 3.62. The van der Waals surface area contributed by atoms with Crippen molar-refractivity contribution in [3.63, 3.8) is 0 Å². The minimum atomic E-state index is 0.0766. The first-order chi connectivity index (χ1) is 8.02. The quantitative estimate of drug-likeness (QED) is 0.726. The van der Waals surface area contributed by atoms with Crippen LogP contribution in [0.15, 0.2) is 6.07 Å². The van der Waals surface area contributed by atoms with Gasteiger partial charge in [0.25, 0.3) is 5.95 Å². The molecule has 86 valence electrons. The number of hydrogen-bond acceptors (Lipinski definition) is 6. The first-order valence-electron chi connectivity index (χ1n) is 4.89. The zero-order valence-corrected chi connectivity index (χ0v) is 9.47. The van der Waals surface area contributed by atoms with Crippen molar-refractivity contribution in [2.45, 2.75) is 13.8 Å². The molecule has 0 radical (unpaired) electrons. The Morgan fingerprint density at radius 3 is 2.29 bits per heavy atom. The molecule has 0 aromatic carbocycles. The topological polar surface area (TPSA) is 119 Å². The minimum Gasteiger partial charge on any atom is -0.382 e. The van der Waals surface area contributed by atoms with Crippen molar-refractivity contribution in [1.82, 2.24) is 19.7 Å². The van der Waals surface area contributed by atoms with Crippen LogP contribution in [0, 0.1) is 25.2 Å². The Kier molecular flexibility index (Phi) is 2.40. The van der Waals surface area contributed by atoms with Crippen LogP contribution in [0.3, 0.4) is 0 Å². The summed E-state index contributed by atoms with van der Waals surface area (Å²) in [5, 5.41) is 12.8. The Labute approximate surface area is 97.7 Å². The second-order valence-corrected chi connectivity index (χ2v) is 3.62. The monoisotopic (exact) mass is 229 g/mol. The van der Waals surface area contributed by atoms with E-state index in [1.807, 2.05) is 26.0 Å². The van der Waals surface area contributed by atoms with Crippen molar-refractivity contribution in [2.75, 3.05) is 11.5 Å². The fourth-order valence-electron chi connectivity index (χ4n) is 1.52. The number of nitrogen functional groups attached to an aromatic ring is 2. The Morgan fingerprint density at radius 1 is 1.24 bits per heavy atom. The average molecular weight is 229 g/mol. The van der Waals surface area contributed by atoms with Crippen molar-refractivity contribution in [3.8, 4) is 12.0 Å². The smallest absolute Gasteiger partial charge is 0.253 e.